The summed E-state index contributed by atoms with van der Waals surface area (Å²) in [6.07, 6.45) is 3.99. The average Bonchev–Trinajstić information content (AvgIpc) is 2.94. The lowest BCUT2D eigenvalue weighted by Crippen LogP contribution is -2.35. The summed E-state index contributed by atoms with van der Waals surface area (Å²) >= 11 is 0. The number of amides is 1. The molecule has 0 spiro atoms. The van der Waals surface area contributed by atoms with Gasteiger partial charge in [-0.05, 0) is 25.5 Å². The molecular weight excluding hydrogens is 345 g/mol. The molecule has 0 bridgehead atoms. The number of carbonyl (C=O) groups is 1. The highest BCUT2D eigenvalue weighted by molar-refractivity contribution is 5.73. The average molecular weight is 371 g/mol. The van der Waals surface area contributed by atoms with Gasteiger partial charge in [0.15, 0.2) is 0 Å². The van der Waals surface area contributed by atoms with Crippen LogP contribution in [0.15, 0.2) is 24.3 Å². The second kappa shape index (κ2) is 7.76. The van der Waals surface area contributed by atoms with Crippen molar-refractivity contribution in [2.45, 2.75) is 51.7 Å². The van der Waals surface area contributed by atoms with Crippen molar-refractivity contribution in [3.05, 3.63) is 47.3 Å². The van der Waals surface area contributed by atoms with Crippen LogP contribution in [0.4, 0.5) is 4.39 Å². The fourth-order valence-corrected chi connectivity index (χ4v) is 4.22. The van der Waals surface area contributed by atoms with E-state index in [1.807, 2.05) is 17.0 Å². The van der Waals surface area contributed by atoms with Crippen LogP contribution >= 0.6 is 0 Å². The van der Waals surface area contributed by atoms with Crippen molar-refractivity contribution in [2.75, 3.05) is 19.6 Å². The second-order valence-corrected chi connectivity index (χ2v) is 7.46. The molecule has 4 rings (SSSR count). The minimum atomic E-state index is -0.154. The first-order chi connectivity index (χ1) is 13.1. The Labute approximate surface area is 159 Å². The maximum atomic E-state index is 14.2. The highest BCUT2D eigenvalue weighted by Gasteiger charge is 2.31. The van der Waals surface area contributed by atoms with Gasteiger partial charge in [0.25, 0.3) is 0 Å². The molecule has 27 heavy (non-hydrogen) atoms. The lowest BCUT2D eigenvalue weighted by atomic mass is 10.00. The summed E-state index contributed by atoms with van der Waals surface area (Å²) in [5.74, 6) is 1.87. The molecule has 144 valence electrons. The minimum Gasteiger partial charge on any atom is -0.341 e. The molecule has 2 aromatic rings. The monoisotopic (exact) mass is 371 g/mol. The Bertz CT molecular complexity index is 820. The number of aromatic nitrogens is 3. The van der Waals surface area contributed by atoms with Crippen molar-refractivity contribution in [1.29, 1.82) is 0 Å². The maximum Gasteiger partial charge on any atom is 0.219 e. The highest BCUT2D eigenvalue weighted by Crippen LogP contribution is 2.32. The fourth-order valence-electron chi connectivity index (χ4n) is 4.22. The summed E-state index contributed by atoms with van der Waals surface area (Å²) in [6.45, 7) is 5.23. The van der Waals surface area contributed by atoms with Crippen LogP contribution in [0, 0.1) is 5.82 Å². The number of rotatable bonds is 3. The van der Waals surface area contributed by atoms with E-state index in [1.54, 1.807) is 13.0 Å². The number of piperidine rings is 1. The third-order valence-electron chi connectivity index (χ3n) is 5.74. The van der Waals surface area contributed by atoms with Gasteiger partial charge < -0.3 is 9.47 Å². The Morgan fingerprint density at radius 2 is 2.00 bits per heavy atom. The van der Waals surface area contributed by atoms with E-state index in [9.17, 15) is 9.18 Å². The number of halogens is 1. The van der Waals surface area contributed by atoms with E-state index >= 15 is 0 Å². The van der Waals surface area contributed by atoms with Gasteiger partial charge in [0.2, 0.25) is 5.91 Å². The van der Waals surface area contributed by atoms with Crippen molar-refractivity contribution in [2.24, 2.45) is 0 Å². The largest absolute Gasteiger partial charge is 0.341 e. The Kier molecular flexibility index (Phi) is 5.20. The van der Waals surface area contributed by atoms with Gasteiger partial charge in [-0.3, -0.25) is 9.69 Å². The van der Waals surface area contributed by atoms with Crippen LogP contribution in [0.3, 0.4) is 0 Å². The van der Waals surface area contributed by atoms with E-state index in [0.717, 1.165) is 56.0 Å². The van der Waals surface area contributed by atoms with Crippen molar-refractivity contribution in [1.82, 2.24) is 24.6 Å². The predicted octanol–water partition coefficient (Wildman–Crippen LogP) is 2.55. The molecule has 0 N–H and O–H groups in total. The Morgan fingerprint density at radius 3 is 2.81 bits per heavy atom. The molecule has 0 unspecified atom stereocenters. The van der Waals surface area contributed by atoms with E-state index in [4.69, 9.17) is 0 Å². The predicted molar refractivity (Wildman–Crippen MR) is 99.4 cm³/mol. The van der Waals surface area contributed by atoms with Crippen LogP contribution < -0.4 is 0 Å². The molecule has 1 aromatic carbocycles. The van der Waals surface area contributed by atoms with Gasteiger partial charge in [0.05, 0.1) is 6.04 Å². The van der Waals surface area contributed by atoms with Gasteiger partial charge in [0, 0.05) is 45.1 Å². The summed E-state index contributed by atoms with van der Waals surface area (Å²) in [7, 11) is 0. The molecule has 6 nitrogen and oxygen atoms in total. The van der Waals surface area contributed by atoms with Gasteiger partial charge in [-0.25, -0.2) is 4.39 Å². The number of benzene rings is 1. The summed E-state index contributed by atoms with van der Waals surface area (Å²) < 4.78 is 16.4. The summed E-state index contributed by atoms with van der Waals surface area (Å²) in [5.41, 5.74) is 0.725. The van der Waals surface area contributed by atoms with Crippen molar-refractivity contribution in [3.8, 4) is 0 Å². The molecule has 0 radical (unpaired) electrons. The molecule has 0 aliphatic carbocycles. The zero-order chi connectivity index (χ0) is 18.8. The van der Waals surface area contributed by atoms with Crippen LogP contribution in [0.5, 0.6) is 0 Å². The van der Waals surface area contributed by atoms with E-state index in [0.29, 0.717) is 19.6 Å². The molecule has 1 atom stereocenters. The molecule has 2 aliphatic heterocycles. The molecular formula is C20H26FN5O. The molecule has 7 heteroatoms. The zero-order valence-electron chi connectivity index (χ0n) is 15.8. The first kappa shape index (κ1) is 18.1. The number of hydrogen-bond donors (Lipinski definition) is 0. The third kappa shape index (κ3) is 3.74. The number of hydrogen-bond acceptors (Lipinski definition) is 4. The SMILES string of the molecule is CC(=O)N1CCc2nnc([C@H]3CCCCN3Cc3ccccc3F)n2CC1. The maximum absolute atomic E-state index is 14.2. The minimum absolute atomic E-state index is 0.106. The fraction of sp³-hybridized carbons (Fsp3) is 0.550. The van der Waals surface area contributed by atoms with Gasteiger partial charge >= 0.3 is 0 Å². The second-order valence-electron chi connectivity index (χ2n) is 7.46. The van der Waals surface area contributed by atoms with Crippen molar-refractivity contribution >= 4 is 5.91 Å². The third-order valence-corrected chi connectivity index (χ3v) is 5.74. The lowest BCUT2D eigenvalue weighted by Gasteiger charge is -2.35. The Hall–Kier alpha value is -2.28. The van der Waals surface area contributed by atoms with Crippen molar-refractivity contribution < 1.29 is 9.18 Å². The Balaban J connectivity index is 1.58. The first-order valence-electron chi connectivity index (χ1n) is 9.78. The normalized spacial score (nSPS) is 21.0. The van der Waals surface area contributed by atoms with Gasteiger partial charge in [-0.1, -0.05) is 24.6 Å². The number of likely N-dealkylation sites (tertiary alicyclic amines) is 1. The van der Waals surface area contributed by atoms with Crippen molar-refractivity contribution in [3.63, 3.8) is 0 Å². The van der Waals surface area contributed by atoms with Crippen LogP contribution in [-0.4, -0.2) is 50.1 Å². The number of carbonyl (C=O) groups excluding carboxylic acids is 1. The molecule has 1 saturated heterocycles. The highest BCUT2D eigenvalue weighted by atomic mass is 19.1. The zero-order valence-corrected chi connectivity index (χ0v) is 15.8. The van der Waals surface area contributed by atoms with E-state index in [-0.39, 0.29) is 17.8 Å². The topological polar surface area (TPSA) is 54.3 Å². The van der Waals surface area contributed by atoms with E-state index in [2.05, 4.69) is 19.7 Å². The molecule has 3 heterocycles. The molecule has 1 fully saturated rings. The van der Waals surface area contributed by atoms with Crippen LogP contribution in [0.25, 0.3) is 0 Å². The molecule has 1 amide bonds. The van der Waals surface area contributed by atoms with Gasteiger partial charge in [-0.2, -0.15) is 0 Å². The standard InChI is InChI=1S/C20H26FN5O/c1-15(27)24-11-9-19-22-23-20(26(19)13-12-24)18-8-4-5-10-25(18)14-16-6-2-3-7-17(16)21/h2-3,6-7,18H,4-5,8-14H2,1H3/t18-/m1/s1. The Morgan fingerprint density at radius 1 is 1.15 bits per heavy atom. The number of nitrogens with zero attached hydrogens (tertiary/aromatic N) is 5. The van der Waals surface area contributed by atoms with Gasteiger partial charge in [0.1, 0.15) is 17.5 Å². The summed E-state index contributed by atoms with van der Waals surface area (Å²) in [6, 6.07) is 7.13. The van der Waals surface area contributed by atoms with Crippen LogP contribution in [-0.2, 0) is 24.3 Å². The molecule has 0 saturated carbocycles. The van der Waals surface area contributed by atoms with E-state index < -0.39 is 0 Å². The van der Waals surface area contributed by atoms with Crippen LogP contribution in [0.2, 0.25) is 0 Å². The smallest absolute Gasteiger partial charge is 0.219 e. The summed E-state index contributed by atoms with van der Waals surface area (Å²) in [4.78, 5) is 15.9. The molecule has 1 aromatic heterocycles. The summed E-state index contributed by atoms with van der Waals surface area (Å²) in [5, 5.41) is 8.94. The number of fused-ring (bicyclic) bond motifs is 1. The van der Waals surface area contributed by atoms with Crippen LogP contribution in [0.1, 0.15) is 49.4 Å². The van der Waals surface area contributed by atoms with Gasteiger partial charge in [-0.15, -0.1) is 10.2 Å². The quantitative estimate of drug-likeness (QED) is 0.832. The first-order valence-corrected chi connectivity index (χ1v) is 9.78. The lowest BCUT2D eigenvalue weighted by molar-refractivity contribution is -0.128. The van der Waals surface area contributed by atoms with E-state index in [1.165, 1.54) is 6.07 Å². The molecule has 2 aliphatic rings.